The van der Waals surface area contributed by atoms with Crippen molar-refractivity contribution in [1.29, 1.82) is 0 Å². The Morgan fingerprint density at radius 3 is 2.34 bits per heavy atom. The SMILES string of the molecule is C/N=C/c1c(C)c(C(=O)OC)c(O)c2c1C[C@@H](O)[C@@]1(OC)C(=O)c3c(cc4c(c3O)C(=O)C=C(NC3O[C@@H](C)[C@H](OC)[C@@H](O)[C@H]3CO)C4=O)C(=O)[C@@]21O. The molecule has 17 heteroatoms. The second-order valence-electron chi connectivity index (χ2n) is 13.3. The molecule has 0 aromatic heterocycles. The molecule has 1 fully saturated rings. The Balaban J connectivity index is 1.56. The van der Waals surface area contributed by atoms with Gasteiger partial charge in [0.1, 0.15) is 29.4 Å². The van der Waals surface area contributed by atoms with E-state index in [4.69, 9.17) is 18.9 Å². The molecule has 7 N–H and O–H groups in total. The van der Waals surface area contributed by atoms with Gasteiger partial charge in [-0.1, -0.05) is 0 Å². The molecule has 2 aromatic carbocycles. The molecule has 8 atom stereocenters. The summed E-state index contributed by atoms with van der Waals surface area (Å²) in [6, 6.07) is 0.822. The molecule has 2 aromatic rings. The predicted molar refractivity (Wildman–Crippen MR) is 179 cm³/mol. The van der Waals surface area contributed by atoms with Crippen molar-refractivity contribution in [2.45, 2.75) is 62.1 Å². The molecule has 1 aliphatic heterocycles. The van der Waals surface area contributed by atoms with E-state index in [-0.39, 0.29) is 16.7 Å². The third kappa shape index (κ3) is 4.89. The van der Waals surface area contributed by atoms with Crippen LogP contribution in [0.4, 0.5) is 0 Å². The van der Waals surface area contributed by atoms with Crippen LogP contribution in [0.1, 0.15) is 81.0 Å². The molecule has 1 heterocycles. The summed E-state index contributed by atoms with van der Waals surface area (Å²) < 4.78 is 21.5. The number of ether oxygens (including phenoxy) is 4. The fourth-order valence-corrected chi connectivity index (χ4v) is 8.28. The fraction of sp³-hybridized carbons (Fsp3) is 0.444. The van der Waals surface area contributed by atoms with E-state index in [1.807, 2.05) is 0 Å². The van der Waals surface area contributed by atoms with Gasteiger partial charge in [-0.05, 0) is 36.6 Å². The standard InChI is InChI=1S/C36H38N2O15/c1-12-17(10-37-3)14-8-21(41)36(52-6)32(47)24-16(31(46)35(36,49)25(14)29(45)22(12)34(48)51-5)7-15-23(28(24)44)20(40)9-19(26(15)42)38-33-18(11-39)27(43)30(50-4)13(2)53-33/h7,9-10,13,18,21,27,30,33,38-39,41,43-45,49H,8,11H2,1-6H3/b37-10+/t13-,18+,21+,27-,30-,33?,35-,36+/m0/s1. The number of aliphatic hydroxyl groups excluding tert-OH is 3. The summed E-state index contributed by atoms with van der Waals surface area (Å²) >= 11 is 0. The first-order chi connectivity index (χ1) is 25.0. The number of hydrogen-bond acceptors (Lipinski definition) is 17. The zero-order valence-electron chi connectivity index (χ0n) is 29.4. The summed E-state index contributed by atoms with van der Waals surface area (Å²) in [6.07, 6.45) is -4.55. The lowest BCUT2D eigenvalue weighted by Crippen LogP contribution is -2.73. The van der Waals surface area contributed by atoms with Gasteiger partial charge in [0.15, 0.2) is 17.0 Å². The molecule has 3 aliphatic carbocycles. The summed E-state index contributed by atoms with van der Waals surface area (Å²) in [4.78, 5) is 73.9. The van der Waals surface area contributed by atoms with Gasteiger partial charge in [0, 0.05) is 56.7 Å². The Hall–Kier alpha value is -4.88. The van der Waals surface area contributed by atoms with Crippen LogP contribution >= 0.6 is 0 Å². The first kappa shape index (κ1) is 37.9. The minimum Gasteiger partial charge on any atom is -0.507 e. The highest BCUT2D eigenvalue weighted by Crippen LogP contribution is 2.57. The maximum atomic E-state index is 14.8. The molecule has 4 aliphatic rings. The normalized spacial score (nSPS) is 30.7. The van der Waals surface area contributed by atoms with Crippen LogP contribution < -0.4 is 5.32 Å². The number of aromatic hydroxyl groups is 2. The number of nitrogens with one attached hydrogen (secondary N) is 1. The third-order valence-electron chi connectivity index (χ3n) is 10.8. The first-order valence-corrected chi connectivity index (χ1v) is 16.4. The van der Waals surface area contributed by atoms with Gasteiger partial charge in [0.25, 0.3) is 0 Å². The zero-order chi connectivity index (χ0) is 39.1. The van der Waals surface area contributed by atoms with Gasteiger partial charge in [-0.25, -0.2) is 4.79 Å². The maximum absolute atomic E-state index is 14.8. The Labute approximate surface area is 301 Å². The number of allylic oxidation sites excluding steroid dienone is 2. The van der Waals surface area contributed by atoms with E-state index in [1.54, 1.807) is 6.92 Å². The number of methoxy groups -OCH3 is 3. The number of aliphatic imine (C=N–C) groups is 1. The quantitative estimate of drug-likeness (QED) is 0.138. The van der Waals surface area contributed by atoms with Crippen molar-refractivity contribution in [3.05, 3.63) is 67.9 Å². The number of fused-ring (bicyclic) bond motifs is 5. The van der Waals surface area contributed by atoms with E-state index in [1.165, 1.54) is 27.3 Å². The van der Waals surface area contributed by atoms with Crippen LogP contribution in [0.2, 0.25) is 0 Å². The molecule has 6 rings (SSSR count). The number of esters is 1. The van der Waals surface area contributed by atoms with Crippen molar-refractivity contribution < 1.29 is 73.6 Å². The van der Waals surface area contributed by atoms with Crippen LogP contribution in [-0.4, -0.2) is 137 Å². The van der Waals surface area contributed by atoms with Gasteiger partial charge in [-0.15, -0.1) is 0 Å². The van der Waals surface area contributed by atoms with E-state index in [0.29, 0.717) is 0 Å². The molecule has 0 radical (unpaired) electrons. The van der Waals surface area contributed by atoms with Crippen LogP contribution in [0.15, 0.2) is 22.8 Å². The number of nitrogens with zero attached hydrogens (tertiary/aromatic N) is 1. The van der Waals surface area contributed by atoms with Crippen molar-refractivity contribution in [2.75, 3.05) is 35.0 Å². The summed E-state index contributed by atoms with van der Waals surface area (Å²) in [6.45, 7) is 2.40. The average Bonchev–Trinajstić information content (AvgIpc) is 3.11. The molecule has 0 spiro atoms. The average molecular weight is 739 g/mol. The second-order valence-corrected chi connectivity index (χ2v) is 13.3. The molecule has 17 nitrogen and oxygen atoms in total. The fourth-order valence-electron chi connectivity index (χ4n) is 8.28. The lowest BCUT2D eigenvalue weighted by molar-refractivity contribution is -0.214. The van der Waals surface area contributed by atoms with Gasteiger partial charge in [-0.3, -0.25) is 24.2 Å². The minimum absolute atomic E-state index is 0.0635. The van der Waals surface area contributed by atoms with Crippen LogP contribution in [0.25, 0.3) is 0 Å². The summed E-state index contributed by atoms with van der Waals surface area (Å²) in [5.74, 6) is -8.98. The number of hydrogen-bond donors (Lipinski definition) is 7. The van der Waals surface area contributed by atoms with Gasteiger partial charge >= 0.3 is 5.97 Å². The van der Waals surface area contributed by atoms with Crippen LogP contribution in [0.5, 0.6) is 11.5 Å². The van der Waals surface area contributed by atoms with E-state index in [2.05, 4.69) is 10.3 Å². The number of Topliss-reactive ketones (excluding diaryl/α,β-unsaturated/α-hetero) is 3. The van der Waals surface area contributed by atoms with Gasteiger partial charge in [-0.2, -0.15) is 0 Å². The van der Waals surface area contributed by atoms with E-state index < -0.39 is 140 Å². The topological polar surface area (TPSA) is 268 Å². The van der Waals surface area contributed by atoms with Crippen molar-refractivity contribution >= 4 is 35.3 Å². The van der Waals surface area contributed by atoms with E-state index in [9.17, 15) is 54.6 Å². The highest BCUT2D eigenvalue weighted by atomic mass is 16.6. The smallest absolute Gasteiger partial charge is 0.341 e. The maximum Gasteiger partial charge on any atom is 0.341 e. The van der Waals surface area contributed by atoms with Crippen LogP contribution in [-0.2, 0) is 31.0 Å². The molecule has 0 saturated carbocycles. The number of carbonyl (C=O) groups is 5. The number of phenols is 2. The minimum atomic E-state index is -3.32. The molecule has 0 amide bonds. The zero-order valence-corrected chi connectivity index (χ0v) is 29.4. The third-order valence-corrected chi connectivity index (χ3v) is 10.8. The number of phenolic OH excluding ortho intramolecular Hbond substituents is 2. The Morgan fingerprint density at radius 1 is 1.08 bits per heavy atom. The molecule has 1 saturated heterocycles. The molecular formula is C36H38N2O15. The van der Waals surface area contributed by atoms with E-state index in [0.717, 1.165) is 26.4 Å². The second kappa shape index (κ2) is 13.2. The monoisotopic (exact) mass is 738 g/mol. The number of carbonyl (C=O) groups excluding carboxylic acids is 5. The first-order valence-electron chi connectivity index (χ1n) is 16.4. The predicted octanol–water partition coefficient (Wildman–Crippen LogP) is -0.608. The van der Waals surface area contributed by atoms with Crippen molar-refractivity contribution in [1.82, 2.24) is 5.32 Å². The number of ketones is 4. The van der Waals surface area contributed by atoms with Gasteiger partial charge in [0.05, 0.1) is 54.8 Å². The summed E-state index contributed by atoms with van der Waals surface area (Å²) in [5, 5.41) is 71.1. The highest BCUT2D eigenvalue weighted by molar-refractivity contribution is 6.31. The Morgan fingerprint density at radius 2 is 1.75 bits per heavy atom. The van der Waals surface area contributed by atoms with Crippen LogP contribution in [0, 0.1) is 12.8 Å². The lowest BCUT2D eigenvalue weighted by atomic mass is 9.56. The largest absolute Gasteiger partial charge is 0.507 e. The molecule has 0 bridgehead atoms. The molecule has 1 unspecified atom stereocenters. The highest BCUT2D eigenvalue weighted by Gasteiger charge is 2.73. The van der Waals surface area contributed by atoms with Gasteiger partial charge < -0.3 is 54.9 Å². The van der Waals surface area contributed by atoms with Gasteiger partial charge in [0.2, 0.25) is 17.3 Å². The van der Waals surface area contributed by atoms with Crippen molar-refractivity contribution in [3.63, 3.8) is 0 Å². The summed E-state index contributed by atoms with van der Waals surface area (Å²) in [5.41, 5.74) is -10.6. The van der Waals surface area contributed by atoms with Crippen LogP contribution in [0.3, 0.4) is 0 Å². The Kier molecular flexibility index (Phi) is 9.43. The van der Waals surface area contributed by atoms with E-state index >= 15 is 0 Å². The van der Waals surface area contributed by atoms with Crippen molar-refractivity contribution in [3.8, 4) is 11.5 Å². The molecule has 53 heavy (non-hydrogen) atoms. The number of benzene rings is 2. The molecule has 282 valence electrons. The number of rotatable bonds is 7. The summed E-state index contributed by atoms with van der Waals surface area (Å²) in [7, 11) is 4.67. The Bertz CT molecular complexity index is 2060. The van der Waals surface area contributed by atoms with Crippen molar-refractivity contribution in [2.24, 2.45) is 10.9 Å². The lowest BCUT2D eigenvalue weighted by Gasteiger charge is -2.53. The number of aliphatic hydroxyl groups is 4. The molecular weight excluding hydrogens is 700 g/mol.